The lowest BCUT2D eigenvalue weighted by atomic mass is 9.82. The average Bonchev–Trinajstić information content (AvgIpc) is 2.84. The predicted molar refractivity (Wildman–Crippen MR) is 88.2 cm³/mol. The van der Waals surface area contributed by atoms with Crippen LogP contribution in [0.5, 0.6) is 0 Å². The fraction of sp³-hybridized carbons (Fsp3) is 0.500. The van der Waals surface area contributed by atoms with Gasteiger partial charge in [-0.25, -0.2) is 0 Å². The van der Waals surface area contributed by atoms with Gasteiger partial charge in [-0.3, -0.25) is 4.79 Å². The van der Waals surface area contributed by atoms with Crippen LogP contribution in [-0.2, 0) is 11.2 Å². The summed E-state index contributed by atoms with van der Waals surface area (Å²) in [4.78, 5) is 15.2. The maximum Gasteiger partial charge on any atom is 0.220 e. The van der Waals surface area contributed by atoms with E-state index in [1.165, 1.54) is 10.9 Å². The van der Waals surface area contributed by atoms with Gasteiger partial charge in [0.25, 0.3) is 0 Å². The topological polar surface area (TPSA) is 44.9 Å². The number of hydrogen-bond acceptors (Lipinski definition) is 1. The molecule has 0 saturated carbocycles. The second-order valence-electron chi connectivity index (χ2n) is 6.93. The number of carbonyl (C=O) groups is 1. The fourth-order valence-corrected chi connectivity index (χ4v) is 2.25. The zero-order chi connectivity index (χ0) is 15.5. The molecule has 1 atom stereocenters. The molecule has 0 spiro atoms. The smallest absolute Gasteiger partial charge is 0.220 e. The van der Waals surface area contributed by atoms with Crippen LogP contribution in [0.15, 0.2) is 30.5 Å². The Bertz CT molecular complexity index is 607. The Labute approximate surface area is 127 Å². The Kier molecular flexibility index (Phi) is 4.71. The molecule has 1 amide bonds. The zero-order valence-electron chi connectivity index (χ0n) is 13.5. The molecule has 1 aromatic carbocycles. The first-order valence-corrected chi connectivity index (χ1v) is 7.69. The first kappa shape index (κ1) is 15.6. The van der Waals surface area contributed by atoms with Crippen molar-refractivity contribution in [3.8, 4) is 0 Å². The van der Waals surface area contributed by atoms with E-state index in [1.54, 1.807) is 0 Å². The van der Waals surface area contributed by atoms with Crippen LogP contribution in [0.25, 0.3) is 10.9 Å². The van der Waals surface area contributed by atoms with Gasteiger partial charge >= 0.3 is 0 Å². The van der Waals surface area contributed by atoms with Crippen molar-refractivity contribution in [2.24, 2.45) is 11.3 Å². The minimum absolute atomic E-state index is 0.136. The molecule has 1 heterocycles. The number of amides is 1. The number of fused-ring (bicyclic) bond motifs is 1. The minimum Gasteiger partial charge on any atom is -0.361 e. The molecule has 3 heteroatoms. The molecule has 0 bridgehead atoms. The summed E-state index contributed by atoms with van der Waals surface area (Å²) in [5, 5.41) is 4.27. The van der Waals surface area contributed by atoms with Crippen molar-refractivity contribution in [2.75, 3.05) is 6.54 Å². The summed E-state index contributed by atoms with van der Waals surface area (Å²) >= 11 is 0. The second kappa shape index (κ2) is 6.33. The first-order chi connectivity index (χ1) is 9.88. The van der Waals surface area contributed by atoms with Crippen LogP contribution in [-0.4, -0.2) is 17.4 Å². The predicted octanol–water partition coefficient (Wildman–Crippen LogP) is 3.90. The van der Waals surface area contributed by atoms with Crippen LogP contribution >= 0.6 is 0 Å². The van der Waals surface area contributed by atoms with E-state index in [2.05, 4.69) is 50.1 Å². The summed E-state index contributed by atoms with van der Waals surface area (Å²) in [5.41, 5.74) is 2.57. The molecule has 0 aliphatic carbocycles. The van der Waals surface area contributed by atoms with Crippen molar-refractivity contribution in [3.63, 3.8) is 0 Å². The number of para-hydroxylation sites is 1. The van der Waals surface area contributed by atoms with Crippen LogP contribution in [0.4, 0.5) is 0 Å². The molecule has 0 aliphatic heterocycles. The molecule has 1 aromatic heterocycles. The van der Waals surface area contributed by atoms with Crippen LogP contribution in [0.1, 0.15) is 39.7 Å². The Morgan fingerprint density at radius 2 is 2.00 bits per heavy atom. The molecule has 0 aliphatic rings. The zero-order valence-corrected chi connectivity index (χ0v) is 13.5. The van der Waals surface area contributed by atoms with E-state index in [4.69, 9.17) is 0 Å². The molecule has 21 heavy (non-hydrogen) atoms. The van der Waals surface area contributed by atoms with E-state index < -0.39 is 0 Å². The van der Waals surface area contributed by atoms with Crippen molar-refractivity contribution in [3.05, 3.63) is 36.0 Å². The van der Waals surface area contributed by atoms with Gasteiger partial charge in [0.1, 0.15) is 0 Å². The van der Waals surface area contributed by atoms with Crippen molar-refractivity contribution in [2.45, 2.75) is 40.5 Å². The number of aromatic nitrogens is 1. The fourth-order valence-electron chi connectivity index (χ4n) is 2.25. The van der Waals surface area contributed by atoms with Gasteiger partial charge < -0.3 is 10.3 Å². The summed E-state index contributed by atoms with van der Waals surface area (Å²) in [5.74, 6) is 0.603. The highest BCUT2D eigenvalue weighted by molar-refractivity contribution is 5.84. The van der Waals surface area contributed by atoms with E-state index in [0.29, 0.717) is 12.3 Å². The van der Waals surface area contributed by atoms with Gasteiger partial charge in [0, 0.05) is 30.1 Å². The molecule has 2 rings (SSSR count). The summed E-state index contributed by atoms with van der Waals surface area (Å²) in [7, 11) is 0. The summed E-state index contributed by atoms with van der Waals surface area (Å²) < 4.78 is 0. The van der Waals surface area contributed by atoms with Crippen molar-refractivity contribution >= 4 is 16.8 Å². The van der Waals surface area contributed by atoms with Crippen LogP contribution in [0, 0.1) is 11.3 Å². The number of aromatic amines is 1. The summed E-state index contributed by atoms with van der Waals surface area (Å²) in [6.45, 7) is 9.54. The number of carbonyl (C=O) groups excluding carboxylic acids is 1. The highest BCUT2D eigenvalue weighted by Gasteiger charge is 2.20. The highest BCUT2D eigenvalue weighted by Crippen LogP contribution is 2.24. The number of rotatable bonds is 5. The monoisotopic (exact) mass is 286 g/mol. The molecule has 2 N–H and O–H groups in total. The number of benzene rings is 1. The normalized spacial score (nSPS) is 13.3. The molecule has 114 valence electrons. The maximum atomic E-state index is 12.0. The first-order valence-electron chi connectivity index (χ1n) is 7.69. The van der Waals surface area contributed by atoms with Crippen molar-refractivity contribution in [1.82, 2.24) is 10.3 Å². The summed E-state index contributed by atoms with van der Waals surface area (Å²) in [6.07, 6.45) is 3.33. The Morgan fingerprint density at radius 1 is 1.29 bits per heavy atom. The third-order valence-corrected chi connectivity index (χ3v) is 4.38. The third kappa shape index (κ3) is 4.10. The van der Waals surface area contributed by atoms with E-state index in [9.17, 15) is 4.79 Å². The van der Waals surface area contributed by atoms with E-state index >= 15 is 0 Å². The molecular formula is C18H26N2O. The minimum atomic E-state index is 0.136. The third-order valence-electron chi connectivity index (χ3n) is 4.38. The van der Waals surface area contributed by atoms with Crippen LogP contribution in [0.3, 0.4) is 0 Å². The second-order valence-corrected chi connectivity index (χ2v) is 6.93. The SMILES string of the molecule is CC(CNC(=O)CCc1c[nH]c2ccccc12)C(C)(C)C. The number of hydrogen-bond donors (Lipinski definition) is 2. The van der Waals surface area contributed by atoms with E-state index in [0.717, 1.165) is 18.5 Å². The Balaban J connectivity index is 1.84. The van der Waals surface area contributed by atoms with Gasteiger partial charge in [-0.05, 0) is 29.4 Å². The molecule has 0 radical (unpaired) electrons. The number of H-pyrrole nitrogens is 1. The van der Waals surface area contributed by atoms with Crippen molar-refractivity contribution in [1.29, 1.82) is 0 Å². The standard InChI is InChI=1S/C18H26N2O/c1-13(18(2,3)4)11-20-17(21)10-9-14-12-19-16-8-6-5-7-15(14)16/h5-8,12-13,19H,9-11H2,1-4H3,(H,20,21). The van der Waals surface area contributed by atoms with E-state index in [-0.39, 0.29) is 11.3 Å². The average molecular weight is 286 g/mol. The Hall–Kier alpha value is -1.77. The molecule has 3 nitrogen and oxygen atoms in total. The van der Waals surface area contributed by atoms with Gasteiger partial charge in [0.2, 0.25) is 5.91 Å². The highest BCUT2D eigenvalue weighted by atomic mass is 16.1. The molecule has 0 fully saturated rings. The number of nitrogens with one attached hydrogen (secondary N) is 2. The molecule has 0 saturated heterocycles. The van der Waals surface area contributed by atoms with Crippen molar-refractivity contribution < 1.29 is 4.79 Å². The quantitative estimate of drug-likeness (QED) is 0.860. The van der Waals surface area contributed by atoms with Gasteiger partial charge in [-0.15, -0.1) is 0 Å². The Morgan fingerprint density at radius 3 is 2.71 bits per heavy atom. The van der Waals surface area contributed by atoms with E-state index in [1.807, 2.05) is 18.3 Å². The van der Waals surface area contributed by atoms with Gasteiger partial charge in [0.15, 0.2) is 0 Å². The molecule has 1 unspecified atom stereocenters. The number of aryl methyl sites for hydroxylation is 1. The molecule has 2 aromatic rings. The maximum absolute atomic E-state index is 12.0. The summed E-state index contributed by atoms with van der Waals surface area (Å²) in [6, 6.07) is 8.21. The van der Waals surface area contributed by atoms with Crippen LogP contribution < -0.4 is 5.32 Å². The van der Waals surface area contributed by atoms with Crippen LogP contribution in [0.2, 0.25) is 0 Å². The lowest BCUT2D eigenvalue weighted by Gasteiger charge is -2.27. The molecular weight excluding hydrogens is 260 g/mol. The van der Waals surface area contributed by atoms with Gasteiger partial charge in [-0.1, -0.05) is 45.9 Å². The van der Waals surface area contributed by atoms with Gasteiger partial charge in [0.05, 0.1) is 0 Å². The lowest BCUT2D eigenvalue weighted by molar-refractivity contribution is -0.121. The largest absolute Gasteiger partial charge is 0.361 e. The van der Waals surface area contributed by atoms with Gasteiger partial charge in [-0.2, -0.15) is 0 Å². The lowest BCUT2D eigenvalue weighted by Crippen LogP contribution is -2.33.